The predicted octanol–water partition coefficient (Wildman–Crippen LogP) is 2.68. The van der Waals surface area contributed by atoms with Crippen LogP contribution in [0.25, 0.3) is 0 Å². The van der Waals surface area contributed by atoms with E-state index in [0.717, 1.165) is 5.56 Å². The average molecular weight is 368 g/mol. The van der Waals surface area contributed by atoms with Crippen molar-refractivity contribution in [3.63, 3.8) is 0 Å². The van der Waals surface area contributed by atoms with E-state index in [1.54, 1.807) is 24.3 Å². The van der Waals surface area contributed by atoms with Gasteiger partial charge in [-0.25, -0.2) is 4.98 Å². The molecule has 0 fully saturated rings. The van der Waals surface area contributed by atoms with E-state index in [9.17, 15) is 9.59 Å². The summed E-state index contributed by atoms with van der Waals surface area (Å²) in [5, 5.41) is 2.94. The van der Waals surface area contributed by atoms with E-state index in [1.807, 2.05) is 0 Å². The molecule has 0 saturated carbocycles. The van der Waals surface area contributed by atoms with Gasteiger partial charge in [0.25, 0.3) is 5.91 Å². The summed E-state index contributed by atoms with van der Waals surface area (Å²) in [6.45, 7) is 0. The molecule has 1 aromatic carbocycles. The predicted molar refractivity (Wildman–Crippen MR) is 92.3 cm³/mol. The SMILES string of the molecule is COC(=O)[C@@H](N)Cc1ccc(NC(=O)c2ccc(Cl)nc2Cl)cc1. The Morgan fingerprint density at radius 1 is 1.21 bits per heavy atom. The molecule has 0 aliphatic carbocycles. The molecule has 1 aromatic heterocycles. The van der Waals surface area contributed by atoms with Crippen LogP contribution in [-0.4, -0.2) is 30.0 Å². The third-order valence-electron chi connectivity index (χ3n) is 3.23. The fraction of sp³-hybridized carbons (Fsp3) is 0.188. The van der Waals surface area contributed by atoms with Crippen molar-refractivity contribution in [3.8, 4) is 0 Å². The topological polar surface area (TPSA) is 94.3 Å². The third kappa shape index (κ3) is 4.67. The molecule has 2 rings (SSSR count). The minimum atomic E-state index is -0.727. The van der Waals surface area contributed by atoms with Crippen molar-refractivity contribution in [1.29, 1.82) is 0 Å². The van der Waals surface area contributed by atoms with E-state index in [1.165, 1.54) is 19.2 Å². The first-order chi connectivity index (χ1) is 11.4. The number of nitrogens with one attached hydrogen (secondary N) is 1. The Balaban J connectivity index is 2.03. The number of carbonyl (C=O) groups is 2. The Morgan fingerprint density at radius 3 is 2.46 bits per heavy atom. The molecule has 0 aliphatic heterocycles. The minimum Gasteiger partial charge on any atom is -0.468 e. The van der Waals surface area contributed by atoms with Gasteiger partial charge in [0.15, 0.2) is 0 Å². The highest BCUT2D eigenvalue weighted by Gasteiger charge is 2.15. The molecular weight excluding hydrogens is 353 g/mol. The quantitative estimate of drug-likeness (QED) is 0.625. The summed E-state index contributed by atoms with van der Waals surface area (Å²) in [7, 11) is 1.29. The fourth-order valence-corrected chi connectivity index (χ4v) is 2.42. The zero-order valence-corrected chi connectivity index (χ0v) is 14.3. The molecule has 1 amide bonds. The highest BCUT2D eigenvalue weighted by Crippen LogP contribution is 2.19. The van der Waals surface area contributed by atoms with Crippen LogP contribution in [0.5, 0.6) is 0 Å². The first-order valence-electron chi connectivity index (χ1n) is 6.96. The molecule has 8 heteroatoms. The lowest BCUT2D eigenvalue weighted by atomic mass is 10.1. The van der Waals surface area contributed by atoms with Crippen LogP contribution in [0.15, 0.2) is 36.4 Å². The molecule has 0 bridgehead atoms. The van der Waals surface area contributed by atoms with Gasteiger partial charge in [-0.05, 0) is 36.2 Å². The summed E-state index contributed by atoms with van der Waals surface area (Å²) in [5.41, 5.74) is 7.34. The number of ether oxygens (including phenoxy) is 1. The van der Waals surface area contributed by atoms with Gasteiger partial charge in [-0.15, -0.1) is 0 Å². The summed E-state index contributed by atoms with van der Waals surface area (Å²) in [5.74, 6) is -0.875. The second-order valence-electron chi connectivity index (χ2n) is 4.96. The maximum Gasteiger partial charge on any atom is 0.322 e. The second-order valence-corrected chi connectivity index (χ2v) is 5.70. The Hall–Kier alpha value is -2.15. The van der Waals surface area contributed by atoms with E-state index < -0.39 is 17.9 Å². The number of carbonyl (C=O) groups excluding carboxylic acids is 2. The number of nitrogens with two attached hydrogens (primary N) is 1. The van der Waals surface area contributed by atoms with E-state index in [4.69, 9.17) is 28.9 Å². The summed E-state index contributed by atoms with van der Waals surface area (Å²) in [4.78, 5) is 27.3. The second kappa shape index (κ2) is 8.10. The van der Waals surface area contributed by atoms with Crippen molar-refractivity contribution in [1.82, 2.24) is 4.98 Å². The highest BCUT2D eigenvalue weighted by atomic mass is 35.5. The Kier molecular flexibility index (Phi) is 6.14. The third-order valence-corrected chi connectivity index (χ3v) is 3.73. The van der Waals surface area contributed by atoms with Gasteiger partial charge in [-0.1, -0.05) is 35.3 Å². The van der Waals surface area contributed by atoms with Gasteiger partial charge in [0.05, 0.1) is 12.7 Å². The van der Waals surface area contributed by atoms with Crippen molar-refractivity contribution in [2.75, 3.05) is 12.4 Å². The van der Waals surface area contributed by atoms with Gasteiger partial charge in [0, 0.05) is 5.69 Å². The van der Waals surface area contributed by atoms with Gasteiger partial charge in [-0.2, -0.15) is 0 Å². The maximum atomic E-state index is 12.2. The van der Waals surface area contributed by atoms with Crippen molar-refractivity contribution < 1.29 is 14.3 Å². The molecule has 1 heterocycles. The Bertz CT molecular complexity index is 751. The van der Waals surface area contributed by atoms with Crippen molar-refractivity contribution in [2.24, 2.45) is 5.73 Å². The number of aromatic nitrogens is 1. The molecule has 0 radical (unpaired) electrons. The molecule has 2 aromatic rings. The number of hydrogen-bond donors (Lipinski definition) is 2. The van der Waals surface area contributed by atoms with Crippen molar-refractivity contribution >= 4 is 40.8 Å². The molecule has 0 unspecified atom stereocenters. The number of methoxy groups -OCH3 is 1. The lowest BCUT2D eigenvalue weighted by Crippen LogP contribution is -2.33. The molecule has 1 atom stereocenters. The number of halogens is 2. The van der Waals surface area contributed by atoms with Gasteiger partial charge >= 0.3 is 5.97 Å². The van der Waals surface area contributed by atoms with Crippen LogP contribution in [0.1, 0.15) is 15.9 Å². The highest BCUT2D eigenvalue weighted by molar-refractivity contribution is 6.35. The maximum absolute atomic E-state index is 12.2. The lowest BCUT2D eigenvalue weighted by Gasteiger charge is -2.10. The Labute approximate surface area is 148 Å². The number of hydrogen-bond acceptors (Lipinski definition) is 5. The number of rotatable bonds is 5. The first kappa shape index (κ1) is 18.2. The summed E-state index contributed by atoms with van der Waals surface area (Å²) >= 11 is 11.6. The van der Waals surface area contributed by atoms with Crippen LogP contribution in [-0.2, 0) is 16.0 Å². The minimum absolute atomic E-state index is 0.0284. The van der Waals surface area contributed by atoms with Crippen LogP contribution in [0.3, 0.4) is 0 Å². The van der Waals surface area contributed by atoms with Gasteiger partial charge in [0.1, 0.15) is 16.3 Å². The molecular formula is C16H15Cl2N3O3. The fourth-order valence-electron chi connectivity index (χ4n) is 1.99. The largest absolute Gasteiger partial charge is 0.468 e. The van der Waals surface area contributed by atoms with Crippen LogP contribution in [0.4, 0.5) is 5.69 Å². The van der Waals surface area contributed by atoms with Gasteiger partial charge < -0.3 is 15.8 Å². The number of anilines is 1. The number of pyridine rings is 1. The lowest BCUT2D eigenvalue weighted by molar-refractivity contribution is -0.142. The van der Waals surface area contributed by atoms with E-state index in [0.29, 0.717) is 12.1 Å². The summed E-state index contributed by atoms with van der Waals surface area (Å²) in [6, 6.07) is 9.19. The van der Waals surface area contributed by atoms with E-state index in [2.05, 4.69) is 15.0 Å². The average Bonchev–Trinajstić information content (AvgIpc) is 2.55. The van der Waals surface area contributed by atoms with E-state index in [-0.39, 0.29) is 15.9 Å². The van der Waals surface area contributed by atoms with Crippen molar-refractivity contribution in [2.45, 2.75) is 12.5 Å². The number of nitrogens with zero attached hydrogens (tertiary/aromatic N) is 1. The summed E-state index contributed by atoms with van der Waals surface area (Å²) in [6.07, 6.45) is 0.341. The van der Waals surface area contributed by atoms with Crippen molar-refractivity contribution in [3.05, 3.63) is 57.8 Å². The molecule has 126 valence electrons. The summed E-state index contributed by atoms with van der Waals surface area (Å²) < 4.78 is 4.58. The monoisotopic (exact) mass is 367 g/mol. The zero-order valence-electron chi connectivity index (χ0n) is 12.8. The Morgan fingerprint density at radius 2 is 1.88 bits per heavy atom. The molecule has 6 nitrogen and oxygen atoms in total. The number of esters is 1. The van der Waals surface area contributed by atoms with E-state index >= 15 is 0 Å². The van der Waals surface area contributed by atoms with Gasteiger partial charge in [-0.3, -0.25) is 9.59 Å². The molecule has 0 spiro atoms. The number of benzene rings is 1. The first-order valence-corrected chi connectivity index (χ1v) is 7.72. The molecule has 3 N–H and O–H groups in total. The number of amides is 1. The normalized spacial score (nSPS) is 11.7. The molecule has 0 saturated heterocycles. The van der Waals surface area contributed by atoms with Crippen LogP contribution in [0, 0.1) is 0 Å². The standard InChI is InChI=1S/C16H15Cl2N3O3/c1-24-16(23)12(19)8-9-2-4-10(5-3-9)20-15(22)11-6-7-13(17)21-14(11)18/h2-7,12H,8,19H2,1H3,(H,20,22)/t12-/m0/s1. The van der Waals surface area contributed by atoms with Gasteiger partial charge in [0.2, 0.25) is 0 Å². The smallest absolute Gasteiger partial charge is 0.322 e. The van der Waals surface area contributed by atoms with Crippen LogP contribution in [0.2, 0.25) is 10.3 Å². The zero-order chi connectivity index (χ0) is 17.7. The van der Waals surface area contributed by atoms with Crippen LogP contribution < -0.4 is 11.1 Å². The molecule has 24 heavy (non-hydrogen) atoms. The molecule has 0 aliphatic rings. The van der Waals surface area contributed by atoms with Crippen LogP contribution >= 0.6 is 23.2 Å².